The first-order valence-corrected chi connectivity index (χ1v) is 5.69. The van der Waals surface area contributed by atoms with E-state index in [0.717, 1.165) is 0 Å². The summed E-state index contributed by atoms with van der Waals surface area (Å²) in [6.45, 7) is 5.35. The van der Waals surface area contributed by atoms with Gasteiger partial charge in [0, 0.05) is 0 Å². The molecule has 2 atom stereocenters. The maximum absolute atomic E-state index is 12.0. The number of aromatic nitrogens is 3. The summed E-state index contributed by atoms with van der Waals surface area (Å²) in [6.07, 6.45) is 2.80. The van der Waals surface area contributed by atoms with Gasteiger partial charge in [-0.15, -0.1) is 0 Å². The van der Waals surface area contributed by atoms with E-state index in [1.165, 1.54) is 24.4 Å². The first kappa shape index (κ1) is 14.1. The van der Waals surface area contributed by atoms with Crippen molar-refractivity contribution >= 4 is 11.9 Å². The molecule has 0 fully saturated rings. The van der Waals surface area contributed by atoms with Crippen molar-refractivity contribution in [3.8, 4) is 0 Å². The van der Waals surface area contributed by atoms with Crippen LogP contribution >= 0.6 is 0 Å². The van der Waals surface area contributed by atoms with Crippen molar-refractivity contribution in [3.05, 3.63) is 12.7 Å². The summed E-state index contributed by atoms with van der Waals surface area (Å²) in [5, 5.41) is 6.54. The second-order valence-electron chi connectivity index (χ2n) is 4.30. The van der Waals surface area contributed by atoms with E-state index in [4.69, 9.17) is 0 Å². The first-order valence-electron chi connectivity index (χ1n) is 5.69. The number of methoxy groups -OCH3 is 1. The summed E-state index contributed by atoms with van der Waals surface area (Å²) in [6, 6.07) is -1.19. The molecule has 7 nitrogen and oxygen atoms in total. The van der Waals surface area contributed by atoms with Crippen LogP contribution in [0.1, 0.15) is 26.8 Å². The molecule has 0 saturated carbocycles. The SMILES string of the molecule is COC(=O)C(NC(=O)C(C)n1cncn1)C(C)C. The third-order valence-electron chi connectivity index (χ3n) is 2.63. The summed E-state index contributed by atoms with van der Waals surface area (Å²) < 4.78 is 6.08. The van der Waals surface area contributed by atoms with Crippen LogP contribution in [0.5, 0.6) is 0 Å². The molecule has 1 amide bonds. The van der Waals surface area contributed by atoms with Crippen LogP contribution in [0.4, 0.5) is 0 Å². The Labute approximate surface area is 106 Å². The summed E-state index contributed by atoms with van der Waals surface area (Å²) in [4.78, 5) is 27.3. The number of ether oxygens (including phenoxy) is 1. The fourth-order valence-corrected chi connectivity index (χ4v) is 1.44. The number of carbonyl (C=O) groups is 2. The molecule has 0 bridgehead atoms. The Balaban J connectivity index is 2.70. The number of nitrogens with zero attached hydrogens (tertiary/aromatic N) is 3. The molecule has 0 aliphatic rings. The van der Waals surface area contributed by atoms with Gasteiger partial charge in [-0.3, -0.25) is 4.79 Å². The highest BCUT2D eigenvalue weighted by atomic mass is 16.5. The Morgan fingerprint density at radius 3 is 2.44 bits per heavy atom. The monoisotopic (exact) mass is 254 g/mol. The molecular weight excluding hydrogens is 236 g/mol. The summed E-state index contributed by atoms with van der Waals surface area (Å²) in [7, 11) is 1.30. The lowest BCUT2D eigenvalue weighted by Crippen LogP contribution is -2.47. The lowest BCUT2D eigenvalue weighted by atomic mass is 10.0. The normalized spacial score (nSPS) is 14.1. The van der Waals surface area contributed by atoms with Crippen LogP contribution < -0.4 is 5.32 Å². The van der Waals surface area contributed by atoms with E-state index in [1.807, 2.05) is 13.8 Å². The fourth-order valence-electron chi connectivity index (χ4n) is 1.44. The Hall–Kier alpha value is -1.92. The molecule has 1 rings (SSSR count). The molecule has 7 heteroatoms. The Morgan fingerprint density at radius 2 is 2.00 bits per heavy atom. The van der Waals surface area contributed by atoms with Crippen molar-refractivity contribution in [2.75, 3.05) is 7.11 Å². The second kappa shape index (κ2) is 6.13. The van der Waals surface area contributed by atoms with Gasteiger partial charge < -0.3 is 10.1 Å². The molecule has 0 aliphatic carbocycles. The van der Waals surface area contributed by atoms with E-state index >= 15 is 0 Å². The molecule has 0 spiro atoms. The Bertz CT molecular complexity index is 402. The third-order valence-corrected chi connectivity index (χ3v) is 2.63. The highest BCUT2D eigenvalue weighted by Crippen LogP contribution is 2.07. The number of nitrogens with one attached hydrogen (secondary N) is 1. The van der Waals surface area contributed by atoms with E-state index in [1.54, 1.807) is 6.92 Å². The molecular formula is C11H18N4O3. The summed E-state index contributed by atoms with van der Waals surface area (Å²) in [5.74, 6) is -0.807. The second-order valence-corrected chi connectivity index (χ2v) is 4.30. The van der Waals surface area contributed by atoms with Crippen LogP contribution in [-0.4, -0.2) is 39.8 Å². The molecule has 1 N–H and O–H groups in total. The van der Waals surface area contributed by atoms with Crippen molar-refractivity contribution in [1.29, 1.82) is 0 Å². The molecule has 100 valence electrons. The van der Waals surface area contributed by atoms with Gasteiger partial charge in [0.05, 0.1) is 7.11 Å². The number of hydrogen-bond donors (Lipinski definition) is 1. The van der Waals surface area contributed by atoms with Crippen LogP contribution in [0, 0.1) is 5.92 Å². The van der Waals surface area contributed by atoms with E-state index in [2.05, 4.69) is 20.1 Å². The van der Waals surface area contributed by atoms with E-state index < -0.39 is 18.1 Å². The standard InChI is InChI=1S/C11H18N4O3/c1-7(2)9(11(17)18-4)14-10(16)8(3)15-6-12-5-13-15/h5-9H,1-4H3,(H,14,16). The van der Waals surface area contributed by atoms with Gasteiger partial charge in [-0.05, 0) is 12.8 Å². The molecule has 0 aromatic carbocycles. The maximum Gasteiger partial charge on any atom is 0.328 e. The zero-order chi connectivity index (χ0) is 13.7. The molecule has 1 heterocycles. The zero-order valence-corrected chi connectivity index (χ0v) is 11.0. The van der Waals surface area contributed by atoms with E-state index in [-0.39, 0.29) is 11.8 Å². The topological polar surface area (TPSA) is 86.1 Å². The Kier molecular flexibility index (Phi) is 4.82. The maximum atomic E-state index is 12.0. The molecule has 1 aromatic rings. The number of esters is 1. The molecule has 18 heavy (non-hydrogen) atoms. The van der Waals surface area contributed by atoms with Crippen LogP contribution in [0.25, 0.3) is 0 Å². The van der Waals surface area contributed by atoms with E-state index in [9.17, 15) is 9.59 Å². The van der Waals surface area contributed by atoms with Gasteiger partial charge in [-0.2, -0.15) is 5.10 Å². The zero-order valence-electron chi connectivity index (χ0n) is 11.0. The van der Waals surface area contributed by atoms with Gasteiger partial charge in [0.2, 0.25) is 5.91 Å². The summed E-state index contributed by atoms with van der Waals surface area (Å²) in [5.41, 5.74) is 0. The van der Waals surface area contributed by atoms with Crippen molar-refractivity contribution in [2.45, 2.75) is 32.9 Å². The van der Waals surface area contributed by atoms with Gasteiger partial charge in [0.15, 0.2) is 0 Å². The largest absolute Gasteiger partial charge is 0.467 e. The van der Waals surface area contributed by atoms with Crippen LogP contribution in [0.3, 0.4) is 0 Å². The first-order chi connectivity index (χ1) is 8.47. The predicted molar refractivity (Wildman–Crippen MR) is 63.5 cm³/mol. The lowest BCUT2D eigenvalue weighted by Gasteiger charge is -2.21. The predicted octanol–water partition coefficient (Wildman–Crippen LogP) is 0.153. The minimum Gasteiger partial charge on any atom is -0.467 e. The van der Waals surface area contributed by atoms with Crippen molar-refractivity contribution < 1.29 is 14.3 Å². The number of amides is 1. The third kappa shape index (κ3) is 3.28. The van der Waals surface area contributed by atoms with Crippen LogP contribution in [0.15, 0.2) is 12.7 Å². The van der Waals surface area contributed by atoms with Crippen LogP contribution in [-0.2, 0) is 14.3 Å². The molecule has 0 aliphatic heterocycles. The van der Waals surface area contributed by atoms with Crippen LogP contribution in [0.2, 0.25) is 0 Å². The molecule has 0 radical (unpaired) electrons. The minimum atomic E-state index is -0.659. The van der Waals surface area contributed by atoms with Gasteiger partial charge in [0.1, 0.15) is 24.7 Å². The summed E-state index contributed by atoms with van der Waals surface area (Å²) >= 11 is 0. The average molecular weight is 254 g/mol. The van der Waals surface area contributed by atoms with Crippen molar-refractivity contribution in [2.24, 2.45) is 5.92 Å². The van der Waals surface area contributed by atoms with Gasteiger partial charge in [-0.25, -0.2) is 14.5 Å². The van der Waals surface area contributed by atoms with Gasteiger partial charge >= 0.3 is 5.97 Å². The average Bonchev–Trinajstić information content (AvgIpc) is 2.87. The number of carbonyl (C=O) groups excluding carboxylic acids is 2. The van der Waals surface area contributed by atoms with Crippen molar-refractivity contribution in [3.63, 3.8) is 0 Å². The molecule has 2 unspecified atom stereocenters. The quantitative estimate of drug-likeness (QED) is 0.756. The Morgan fingerprint density at radius 1 is 1.33 bits per heavy atom. The molecule has 0 saturated heterocycles. The van der Waals surface area contributed by atoms with E-state index in [0.29, 0.717) is 0 Å². The number of rotatable bonds is 5. The fraction of sp³-hybridized carbons (Fsp3) is 0.636. The minimum absolute atomic E-state index is 0.0515. The highest BCUT2D eigenvalue weighted by Gasteiger charge is 2.27. The van der Waals surface area contributed by atoms with Gasteiger partial charge in [-0.1, -0.05) is 13.8 Å². The van der Waals surface area contributed by atoms with Gasteiger partial charge in [0.25, 0.3) is 0 Å². The lowest BCUT2D eigenvalue weighted by molar-refractivity contribution is -0.146. The highest BCUT2D eigenvalue weighted by molar-refractivity contribution is 5.86. The molecule has 1 aromatic heterocycles. The smallest absolute Gasteiger partial charge is 0.328 e. The number of hydrogen-bond acceptors (Lipinski definition) is 5. The van der Waals surface area contributed by atoms with Crippen molar-refractivity contribution in [1.82, 2.24) is 20.1 Å².